The number of H-pyrrole nitrogens is 1. The van der Waals surface area contributed by atoms with E-state index in [-0.39, 0.29) is 16.2 Å². The standard InChI is InChI=1S/C34H48N6O2.CH4.2H2/c1-8-26(34(41)36-14-16-40-15-10-11-25(40)5)19-32(24(3)4)38-31-13-12-29(30(31)21-35)33-20-28(22-37-33)27(9-2)23-39(6)17-18-42-7;;;/h8-9,13,19-23,25,35,37-38H,2-3,10-12,14-18H2,1,4-7H3,(H,36,41);1H4;2*1H/b26-8+,27-23+,32-19+,35-21?;;;/t25-;;;/m0.../s1. The first-order valence-electron chi connectivity index (χ1n) is 14.7. The second kappa shape index (κ2) is 17.3. The van der Waals surface area contributed by atoms with Crippen LogP contribution in [0.2, 0.25) is 0 Å². The maximum Gasteiger partial charge on any atom is 0.251 e. The number of nitrogens with one attached hydrogen (secondary N) is 4. The van der Waals surface area contributed by atoms with Gasteiger partial charge in [-0.3, -0.25) is 9.69 Å². The Morgan fingerprint density at radius 1 is 1.40 bits per heavy atom. The fraction of sp³-hybridized carbons (Fsp3) is 0.429. The molecule has 1 saturated heterocycles. The number of methoxy groups -OCH3 is 1. The molecule has 0 spiro atoms. The molecule has 43 heavy (non-hydrogen) atoms. The van der Waals surface area contributed by atoms with Crippen LogP contribution in [-0.4, -0.2) is 79.9 Å². The zero-order valence-electron chi connectivity index (χ0n) is 26.0. The summed E-state index contributed by atoms with van der Waals surface area (Å²) in [4.78, 5) is 20.9. The molecule has 0 saturated carbocycles. The quantitative estimate of drug-likeness (QED) is 0.0994. The molecule has 4 N–H and O–H groups in total. The van der Waals surface area contributed by atoms with Gasteiger partial charge in [0.2, 0.25) is 0 Å². The van der Waals surface area contributed by atoms with Crippen LogP contribution in [0.1, 0.15) is 61.6 Å². The molecule has 0 bridgehead atoms. The first-order chi connectivity index (χ1) is 20.2. The zero-order valence-corrected chi connectivity index (χ0v) is 26.0. The first kappa shape index (κ1) is 35.3. The Kier molecular flexibility index (Phi) is 14.2. The molecule has 1 aromatic heterocycles. The van der Waals surface area contributed by atoms with Crippen molar-refractivity contribution in [1.82, 2.24) is 25.4 Å². The summed E-state index contributed by atoms with van der Waals surface area (Å²) >= 11 is 0. The molecule has 1 aliphatic heterocycles. The smallest absolute Gasteiger partial charge is 0.251 e. The van der Waals surface area contributed by atoms with Crippen molar-refractivity contribution in [2.45, 2.75) is 53.5 Å². The monoisotopic (exact) mass is 592 g/mol. The number of hydrogen-bond donors (Lipinski definition) is 4. The topological polar surface area (TPSA) is 96.5 Å². The molecule has 1 aromatic rings. The molecular formula is C35H56N6O2. The van der Waals surface area contributed by atoms with E-state index in [2.05, 4.69) is 63.8 Å². The van der Waals surface area contributed by atoms with Crippen LogP contribution in [0.4, 0.5) is 0 Å². The van der Waals surface area contributed by atoms with Gasteiger partial charge in [-0.2, -0.15) is 0 Å². The van der Waals surface area contributed by atoms with E-state index in [0.717, 1.165) is 64.6 Å². The summed E-state index contributed by atoms with van der Waals surface area (Å²) in [5.74, 6) is -0.105. The fourth-order valence-electron chi connectivity index (χ4n) is 5.23. The van der Waals surface area contributed by atoms with E-state index in [1.165, 1.54) is 19.1 Å². The third kappa shape index (κ3) is 9.56. The van der Waals surface area contributed by atoms with Crippen molar-refractivity contribution in [3.8, 4) is 0 Å². The van der Waals surface area contributed by atoms with Crippen molar-refractivity contribution >= 4 is 23.3 Å². The van der Waals surface area contributed by atoms with Gasteiger partial charge in [-0.25, -0.2) is 0 Å². The maximum absolute atomic E-state index is 13.0. The number of carbonyl (C=O) groups excluding carboxylic acids is 1. The fourth-order valence-corrected chi connectivity index (χ4v) is 5.23. The van der Waals surface area contributed by atoms with Crippen LogP contribution in [0, 0.1) is 5.41 Å². The molecule has 1 aliphatic carbocycles. The van der Waals surface area contributed by atoms with E-state index in [0.29, 0.717) is 31.2 Å². The summed E-state index contributed by atoms with van der Waals surface area (Å²) < 4.78 is 5.18. The minimum absolute atomic E-state index is 0. The van der Waals surface area contributed by atoms with Crippen molar-refractivity contribution in [1.29, 1.82) is 5.41 Å². The number of rotatable bonds is 16. The molecule has 3 rings (SSSR count). The van der Waals surface area contributed by atoms with Crippen LogP contribution in [0.5, 0.6) is 0 Å². The number of carbonyl (C=O) groups is 1. The number of allylic oxidation sites excluding steroid dienone is 7. The van der Waals surface area contributed by atoms with E-state index in [1.807, 2.05) is 45.3 Å². The van der Waals surface area contributed by atoms with E-state index < -0.39 is 0 Å². The lowest BCUT2D eigenvalue weighted by atomic mass is 10.0. The van der Waals surface area contributed by atoms with Crippen LogP contribution in [0.25, 0.3) is 11.1 Å². The average Bonchev–Trinajstić information content (AvgIpc) is 3.72. The summed E-state index contributed by atoms with van der Waals surface area (Å²) in [6.45, 7) is 18.1. The van der Waals surface area contributed by atoms with Gasteiger partial charge in [-0.1, -0.05) is 38.8 Å². The third-order valence-electron chi connectivity index (χ3n) is 7.82. The van der Waals surface area contributed by atoms with Gasteiger partial charge in [0.1, 0.15) is 0 Å². The van der Waals surface area contributed by atoms with Gasteiger partial charge >= 0.3 is 0 Å². The number of likely N-dealkylation sites (N-methyl/N-ethyl adjacent to an activating group) is 1. The van der Waals surface area contributed by atoms with Gasteiger partial charge in [0, 0.05) is 95.1 Å². The average molecular weight is 593 g/mol. The highest BCUT2D eigenvalue weighted by molar-refractivity contribution is 5.98. The molecule has 1 fully saturated rings. The lowest BCUT2D eigenvalue weighted by Gasteiger charge is -2.21. The normalized spacial score (nSPS) is 17.8. The Hall–Kier alpha value is -3.88. The molecular weight excluding hydrogens is 536 g/mol. The van der Waals surface area contributed by atoms with Gasteiger partial charge in [0.25, 0.3) is 5.91 Å². The van der Waals surface area contributed by atoms with E-state index in [4.69, 9.17) is 10.1 Å². The van der Waals surface area contributed by atoms with E-state index in [9.17, 15) is 4.79 Å². The van der Waals surface area contributed by atoms with E-state index >= 15 is 0 Å². The third-order valence-corrected chi connectivity index (χ3v) is 7.82. The molecule has 238 valence electrons. The molecule has 2 aliphatic rings. The number of amides is 1. The minimum Gasteiger partial charge on any atom is -0.383 e. The Morgan fingerprint density at radius 3 is 2.77 bits per heavy atom. The number of ether oxygens (including phenoxy) is 1. The van der Waals surface area contributed by atoms with Gasteiger partial charge in [0.05, 0.1) is 6.61 Å². The van der Waals surface area contributed by atoms with Crippen LogP contribution >= 0.6 is 0 Å². The molecule has 1 amide bonds. The Labute approximate surface area is 262 Å². The van der Waals surface area contributed by atoms with Crippen molar-refractivity contribution in [3.05, 3.63) is 95.3 Å². The molecule has 0 radical (unpaired) electrons. The van der Waals surface area contributed by atoms with Crippen molar-refractivity contribution < 1.29 is 12.4 Å². The minimum atomic E-state index is -0.105. The van der Waals surface area contributed by atoms with E-state index in [1.54, 1.807) is 7.11 Å². The molecule has 2 heterocycles. The number of aromatic nitrogens is 1. The number of hydrogen-bond acceptors (Lipinski definition) is 6. The summed E-state index contributed by atoms with van der Waals surface area (Å²) in [5, 5.41) is 14.7. The van der Waals surface area contributed by atoms with Crippen LogP contribution in [0.15, 0.2) is 84.0 Å². The van der Waals surface area contributed by atoms with Crippen LogP contribution < -0.4 is 10.6 Å². The molecule has 8 nitrogen and oxygen atoms in total. The molecule has 0 unspecified atom stereocenters. The van der Waals surface area contributed by atoms with Crippen LogP contribution in [-0.2, 0) is 9.53 Å². The second-order valence-corrected chi connectivity index (χ2v) is 10.9. The van der Waals surface area contributed by atoms with Crippen molar-refractivity contribution in [2.24, 2.45) is 0 Å². The predicted molar refractivity (Wildman–Crippen MR) is 186 cm³/mol. The first-order valence-corrected chi connectivity index (χ1v) is 14.7. The highest BCUT2D eigenvalue weighted by Gasteiger charge is 2.22. The summed E-state index contributed by atoms with van der Waals surface area (Å²) in [6.07, 6.45) is 16.1. The molecule has 1 atom stereocenters. The van der Waals surface area contributed by atoms with Crippen molar-refractivity contribution in [3.63, 3.8) is 0 Å². The summed E-state index contributed by atoms with van der Waals surface area (Å²) in [6, 6.07) is 2.67. The predicted octanol–water partition coefficient (Wildman–Crippen LogP) is 6.54. The second-order valence-electron chi connectivity index (χ2n) is 10.9. The Balaban J connectivity index is 0.00000645. The highest BCUT2D eigenvalue weighted by atomic mass is 16.5. The van der Waals surface area contributed by atoms with Gasteiger partial charge in [0.15, 0.2) is 0 Å². The van der Waals surface area contributed by atoms with Crippen LogP contribution in [0.3, 0.4) is 0 Å². The molecule has 0 aromatic carbocycles. The summed E-state index contributed by atoms with van der Waals surface area (Å²) in [7, 11) is 3.70. The SMILES string of the molecule is C.C=C/C(=C\N(C)CCOC)c1c[nH]c(C2=C(C=N)C(N/C(=C/C(=C\C)C(=O)NCCN3CCC[C@@H]3C)C(=C)C)=CC2)c1.[HH].[HH]. The lowest BCUT2D eigenvalue weighted by Crippen LogP contribution is -2.36. The Bertz CT molecular complexity index is 1320. The highest BCUT2D eigenvalue weighted by Crippen LogP contribution is 2.33. The number of aromatic amines is 1. The number of nitrogens with zero attached hydrogens (tertiary/aromatic N) is 2. The maximum atomic E-state index is 13.0. The van der Waals surface area contributed by atoms with Gasteiger partial charge in [-0.05, 0) is 75.4 Å². The molecule has 8 heteroatoms. The Morgan fingerprint density at radius 2 is 2.16 bits per heavy atom. The van der Waals surface area contributed by atoms with Gasteiger partial charge < -0.3 is 30.7 Å². The van der Waals surface area contributed by atoms with Crippen molar-refractivity contribution in [2.75, 3.05) is 46.9 Å². The number of likely N-dealkylation sites (tertiary alicyclic amines) is 1. The summed E-state index contributed by atoms with van der Waals surface area (Å²) in [5.41, 5.74) is 7.72. The largest absolute Gasteiger partial charge is 0.383 e. The lowest BCUT2D eigenvalue weighted by molar-refractivity contribution is -0.117. The van der Waals surface area contributed by atoms with Gasteiger partial charge in [-0.15, -0.1) is 0 Å². The zero-order chi connectivity index (χ0) is 30.6.